The van der Waals surface area contributed by atoms with Crippen LogP contribution in [0.2, 0.25) is 0 Å². The van der Waals surface area contributed by atoms with E-state index in [0.29, 0.717) is 29.6 Å². The Hall–Kier alpha value is -1.66. The number of likely N-dealkylation sites (N-methyl/N-ethyl adjacent to an activating group) is 1. The molecular weight excluding hydrogens is 298 g/mol. The maximum atomic E-state index is 12.1. The molecule has 0 saturated carbocycles. The van der Waals surface area contributed by atoms with Crippen LogP contribution in [0.5, 0.6) is 5.75 Å². The summed E-state index contributed by atoms with van der Waals surface area (Å²) in [4.78, 5) is 14.4. The maximum absolute atomic E-state index is 12.1. The smallest absolute Gasteiger partial charge is 0.257 e. The molecule has 0 heterocycles. The molecule has 0 spiro atoms. The van der Waals surface area contributed by atoms with E-state index in [0.717, 1.165) is 19.6 Å². The van der Waals surface area contributed by atoms with Crippen molar-refractivity contribution in [2.75, 3.05) is 32.8 Å². The quantitative estimate of drug-likeness (QED) is 0.717. The summed E-state index contributed by atoms with van der Waals surface area (Å²) >= 11 is 5.15. The monoisotopic (exact) mass is 323 g/mol. The Bertz CT molecular complexity index is 490. The molecule has 0 bridgehead atoms. The van der Waals surface area contributed by atoms with Crippen LogP contribution in [-0.4, -0.2) is 48.7 Å². The summed E-state index contributed by atoms with van der Waals surface area (Å²) in [7, 11) is 0. The van der Waals surface area contributed by atoms with Crippen LogP contribution in [-0.2, 0) is 0 Å². The van der Waals surface area contributed by atoms with Crippen LogP contribution in [0, 0.1) is 0 Å². The lowest BCUT2D eigenvalue weighted by atomic mass is 10.2. The van der Waals surface area contributed by atoms with Crippen molar-refractivity contribution in [3.63, 3.8) is 0 Å². The van der Waals surface area contributed by atoms with Gasteiger partial charge in [-0.25, -0.2) is 0 Å². The summed E-state index contributed by atoms with van der Waals surface area (Å²) in [5.41, 5.74) is 0.527. The number of benzene rings is 1. The number of nitrogens with zero attached hydrogens (tertiary/aromatic N) is 1. The average molecular weight is 323 g/mol. The molecule has 2 N–H and O–H groups in total. The van der Waals surface area contributed by atoms with Gasteiger partial charge in [0.05, 0.1) is 6.61 Å². The zero-order chi connectivity index (χ0) is 16.4. The summed E-state index contributed by atoms with van der Waals surface area (Å²) in [5, 5.41) is 6.08. The fraction of sp³-hybridized carbons (Fsp3) is 0.500. The van der Waals surface area contributed by atoms with Crippen molar-refractivity contribution in [1.29, 1.82) is 0 Å². The Labute approximate surface area is 138 Å². The molecule has 22 heavy (non-hydrogen) atoms. The second-order valence-corrected chi connectivity index (χ2v) is 5.11. The molecule has 0 unspecified atom stereocenters. The van der Waals surface area contributed by atoms with E-state index in [2.05, 4.69) is 29.4 Å². The summed E-state index contributed by atoms with van der Waals surface area (Å²) in [6, 6.07) is 7.05. The maximum Gasteiger partial charge on any atom is 0.257 e. The highest BCUT2D eigenvalue weighted by Crippen LogP contribution is 2.12. The zero-order valence-electron chi connectivity index (χ0n) is 13.5. The number of hydrogen-bond donors (Lipinski definition) is 2. The minimum Gasteiger partial charge on any atom is -0.494 e. The van der Waals surface area contributed by atoms with Gasteiger partial charge in [-0.05, 0) is 50.4 Å². The molecule has 0 aromatic heterocycles. The van der Waals surface area contributed by atoms with Gasteiger partial charge in [-0.3, -0.25) is 10.1 Å². The van der Waals surface area contributed by atoms with Crippen LogP contribution < -0.4 is 15.4 Å². The Kier molecular flexibility index (Phi) is 8.47. The van der Waals surface area contributed by atoms with E-state index in [1.165, 1.54) is 0 Å². The highest BCUT2D eigenvalue weighted by atomic mass is 32.1. The first kappa shape index (κ1) is 18.4. The van der Waals surface area contributed by atoms with E-state index >= 15 is 0 Å². The van der Waals surface area contributed by atoms with Gasteiger partial charge in [0.15, 0.2) is 5.11 Å². The minimum atomic E-state index is -0.234. The molecular formula is C16H25N3O2S. The van der Waals surface area contributed by atoms with E-state index in [-0.39, 0.29) is 5.91 Å². The highest BCUT2D eigenvalue weighted by molar-refractivity contribution is 7.80. The molecule has 1 rings (SSSR count). The fourth-order valence-corrected chi connectivity index (χ4v) is 2.18. The topological polar surface area (TPSA) is 53.6 Å². The number of carbonyl (C=O) groups is 1. The third kappa shape index (κ3) is 6.41. The molecule has 1 aromatic carbocycles. The lowest BCUT2D eigenvalue weighted by Gasteiger charge is -2.18. The number of ether oxygens (including phenoxy) is 1. The predicted octanol–water partition coefficient (Wildman–Crippen LogP) is 2.03. The van der Waals surface area contributed by atoms with Gasteiger partial charge in [0.1, 0.15) is 5.75 Å². The molecule has 0 aliphatic rings. The largest absolute Gasteiger partial charge is 0.494 e. The van der Waals surface area contributed by atoms with Gasteiger partial charge in [-0.1, -0.05) is 19.9 Å². The predicted molar refractivity (Wildman–Crippen MR) is 93.5 cm³/mol. The van der Waals surface area contributed by atoms with Crippen LogP contribution in [0.4, 0.5) is 0 Å². The van der Waals surface area contributed by atoms with Crippen LogP contribution in [0.25, 0.3) is 0 Å². The van der Waals surface area contributed by atoms with Crippen LogP contribution in [0.1, 0.15) is 31.1 Å². The Balaban J connectivity index is 2.43. The lowest BCUT2D eigenvalue weighted by Crippen LogP contribution is -2.42. The SMILES string of the molecule is CCOc1cccc(C(=O)NC(=S)NCCN(CC)CC)c1. The fourth-order valence-electron chi connectivity index (χ4n) is 1.98. The first-order valence-corrected chi connectivity index (χ1v) is 8.05. The first-order chi connectivity index (χ1) is 10.6. The second-order valence-electron chi connectivity index (χ2n) is 4.70. The number of nitrogens with one attached hydrogen (secondary N) is 2. The summed E-state index contributed by atoms with van der Waals surface area (Å²) in [6.45, 7) is 10.3. The molecule has 6 heteroatoms. The number of carbonyl (C=O) groups excluding carboxylic acids is 1. The van der Waals surface area contributed by atoms with Crippen molar-refractivity contribution >= 4 is 23.2 Å². The van der Waals surface area contributed by atoms with Gasteiger partial charge in [0, 0.05) is 18.7 Å². The molecule has 5 nitrogen and oxygen atoms in total. The van der Waals surface area contributed by atoms with E-state index in [1.807, 2.05) is 13.0 Å². The van der Waals surface area contributed by atoms with E-state index in [4.69, 9.17) is 17.0 Å². The van der Waals surface area contributed by atoms with Gasteiger partial charge < -0.3 is 15.0 Å². The van der Waals surface area contributed by atoms with Crippen LogP contribution in [0.15, 0.2) is 24.3 Å². The minimum absolute atomic E-state index is 0.234. The van der Waals surface area contributed by atoms with E-state index in [9.17, 15) is 4.79 Å². The van der Waals surface area contributed by atoms with E-state index in [1.54, 1.807) is 18.2 Å². The van der Waals surface area contributed by atoms with Crippen molar-refractivity contribution in [1.82, 2.24) is 15.5 Å². The molecule has 0 aliphatic carbocycles. The Morgan fingerprint density at radius 1 is 1.27 bits per heavy atom. The van der Waals surface area contributed by atoms with Crippen molar-refractivity contribution in [2.45, 2.75) is 20.8 Å². The molecule has 0 radical (unpaired) electrons. The second kappa shape index (κ2) is 10.1. The van der Waals surface area contributed by atoms with Crippen molar-refractivity contribution in [3.8, 4) is 5.75 Å². The van der Waals surface area contributed by atoms with E-state index < -0.39 is 0 Å². The van der Waals surface area contributed by atoms with Crippen LogP contribution in [0.3, 0.4) is 0 Å². The Morgan fingerprint density at radius 3 is 2.64 bits per heavy atom. The molecule has 0 saturated heterocycles. The van der Waals surface area contributed by atoms with Gasteiger partial charge in [0.2, 0.25) is 0 Å². The molecule has 0 fully saturated rings. The summed E-state index contributed by atoms with van der Waals surface area (Å²) < 4.78 is 5.38. The molecule has 1 aromatic rings. The normalized spacial score (nSPS) is 10.4. The van der Waals surface area contributed by atoms with Crippen molar-refractivity contribution in [3.05, 3.63) is 29.8 Å². The van der Waals surface area contributed by atoms with Crippen LogP contribution >= 0.6 is 12.2 Å². The number of amides is 1. The zero-order valence-corrected chi connectivity index (χ0v) is 14.3. The number of thiocarbonyl (C=S) groups is 1. The summed E-state index contributed by atoms with van der Waals surface area (Å²) in [5.74, 6) is 0.442. The highest BCUT2D eigenvalue weighted by Gasteiger charge is 2.09. The van der Waals surface area contributed by atoms with Crippen molar-refractivity contribution < 1.29 is 9.53 Å². The van der Waals surface area contributed by atoms with Gasteiger partial charge >= 0.3 is 0 Å². The molecule has 0 aliphatic heterocycles. The van der Waals surface area contributed by atoms with Gasteiger partial charge in [0.25, 0.3) is 5.91 Å². The molecule has 122 valence electrons. The van der Waals surface area contributed by atoms with Crippen molar-refractivity contribution in [2.24, 2.45) is 0 Å². The third-order valence-corrected chi connectivity index (χ3v) is 3.49. The summed E-state index contributed by atoms with van der Waals surface area (Å²) in [6.07, 6.45) is 0. The lowest BCUT2D eigenvalue weighted by molar-refractivity contribution is 0.0976. The van der Waals surface area contributed by atoms with Gasteiger partial charge in [-0.2, -0.15) is 0 Å². The molecule has 1 amide bonds. The Morgan fingerprint density at radius 2 is 2.00 bits per heavy atom. The van der Waals surface area contributed by atoms with Gasteiger partial charge in [-0.15, -0.1) is 0 Å². The average Bonchev–Trinajstić information content (AvgIpc) is 2.52. The number of rotatable bonds is 8. The molecule has 0 atom stereocenters. The first-order valence-electron chi connectivity index (χ1n) is 7.65. The third-order valence-electron chi connectivity index (χ3n) is 3.24. The number of hydrogen-bond acceptors (Lipinski definition) is 4. The standard InChI is InChI=1S/C16H25N3O2S/c1-4-19(5-2)11-10-17-16(22)18-15(20)13-8-7-9-14(12-13)21-6-3/h7-9,12H,4-6,10-11H2,1-3H3,(H2,17,18,20,22).